The fourth-order valence-electron chi connectivity index (χ4n) is 5.59. The maximum Gasteiger partial charge on any atom is 0.306 e. The molecule has 0 saturated carbocycles. The number of allylic oxidation sites excluding steroid dienone is 2. The average Bonchev–Trinajstić information content (AvgIpc) is 2.93. The minimum absolute atomic E-state index is 0.0568. The van der Waals surface area contributed by atoms with Gasteiger partial charge in [-0.1, -0.05) is 118 Å². The van der Waals surface area contributed by atoms with E-state index in [0.29, 0.717) is 13.0 Å². The van der Waals surface area contributed by atoms with Crippen molar-refractivity contribution >= 4 is 24.7 Å². The number of esters is 1. The summed E-state index contributed by atoms with van der Waals surface area (Å²) in [6, 6.07) is 30.2. The number of ether oxygens (including phenoxy) is 1. The first-order valence-electron chi connectivity index (χ1n) is 14.1. The summed E-state index contributed by atoms with van der Waals surface area (Å²) in [5.41, 5.74) is 2.33. The van der Waals surface area contributed by atoms with E-state index < -0.39 is 8.32 Å². The van der Waals surface area contributed by atoms with E-state index in [1.807, 2.05) is 6.07 Å². The lowest BCUT2D eigenvalue weighted by molar-refractivity contribution is -0.144. The van der Waals surface area contributed by atoms with Crippen LogP contribution in [0.1, 0.15) is 70.4 Å². The largest absolute Gasteiger partial charge is 0.461 e. The summed E-state index contributed by atoms with van der Waals surface area (Å²) in [6.45, 7) is 7.37. The van der Waals surface area contributed by atoms with Crippen LogP contribution in [0.5, 0.6) is 0 Å². The molecule has 0 fully saturated rings. The van der Waals surface area contributed by atoms with Crippen molar-refractivity contribution in [3.05, 3.63) is 108 Å². The van der Waals surface area contributed by atoms with Crippen LogP contribution in [0.4, 0.5) is 0 Å². The van der Waals surface area contributed by atoms with Crippen molar-refractivity contribution in [3.63, 3.8) is 0 Å². The topological polar surface area (TPSA) is 35.5 Å². The second-order valence-electron chi connectivity index (χ2n) is 11.3. The van der Waals surface area contributed by atoms with Crippen LogP contribution >= 0.6 is 0 Å². The number of fused-ring (bicyclic) bond motifs is 1. The Bertz CT molecular complexity index is 1140. The molecule has 3 nitrogen and oxygen atoms in total. The summed E-state index contributed by atoms with van der Waals surface area (Å²) < 4.78 is 13.2. The Hall–Kier alpha value is -2.95. The van der Waals surface area contributed by atoms with Crippen molar-refractivity contribution in [2.24, 2.45) is 0 Å². The number of benzene rings is 3. The third kappa shape index (κ3) is 6.92. The normalized spacial score (nSPS) is 18.9. The molecule has 4 rings (SSSR count). The summed E-state index contributed by atoms with van der Waals surface area (Å²) in [7, 11) is -2.64. The van der Waals surface area contributed by atoms with Gasteiger partial charge in [0.1, 0.15) is 6.61 Å². The third-order valence-corrected chi connectivity index (χ3v) is 12.7. The number of hydrogen-bond acceptors (Lipinski definition) is 3. The number of aryl methyl sites for hydroxylation is 1. The van der Waals surface area contributed by atoms with E-state index in [1.54, 1.807) is 0 Å². The highest BCUT2D eigenvalue weighted by atomic mass is 28.4. The van der Waals surface area contributed by atoms with Gasteiger partial charge in [0.15, 0.2) is 0 Å². The number of carbonyl (C=O) groups excluding carboxylic acids is 1. The molecule has 0 amide bonds. The van der Waals surface area contributed by atoms with Gasteiger partial charge in [-0.3, -0.25) is 4.79 Å². The van der Waals surface area contributed by atoms with Gasteiger partial charge in [0.25, 0.3) is 8.32 Å². The van der Waals surface area contributed by atoms with E-state index in [1.165, 1.54) is 15.9 Å². The zero-order valence-electron chi connectivity index (χ0n) is 23.2. The van der Waals surface area contributed by atoms with Crippen LogP contribution in [-0.2, 0) is 27.0 Å². The number of cyclic esters (lactones) is 1. The zero-order valence-corrected chi connectivity index (χ0v) is 24.2. The highest BCUT2D eigenvalue weighted by Crippen LogP contribution is 2.38. The van der Waals surface area contributed by atoms with Crippen molar-refractivity contribution in [1.82, 2.24) is 0 Å². The van der Waals surface area contributed by atoms with Crippen molar-refractivity contribution in [2.75, 3.05) is 0 Å². The van der Waals surface area contributed by atoms with E-state index in [4.69, 9.17) is 9.16 Å². The molecule has 1 aliphatic rings. The Labute approximate surface area is 230 Å². The first-order chi connectivity index (χ1) is 18.4. The van der Waals surface area contributed by atoms with Crippen LogP contribution in [-0.4, -0.2) is 20.4 Å². The highest BCUT2D eigenvalue weighted by Gasteiger charge is 2.51. The molecule has 1 unspecified atom stereocenters. The van der Waals surface area contributed by atoms with Gasteiger partial charge >= 0.3 is 5.97 Å². The molecule has 0 spiro atoms. The first-order valence-corrected chi connectivity index (χ1v) is 16.0. The minimum atomic E-state index is -2.64. The van der Waals surface area contributed by atoms with Gasteiger partial charge in [-0.15, -0.1) is 0 Å². The first kappa shape index (κ1) is 28.1. The molecule has 0 N–H and O–H groups in total. The SMILES string of the molecule is CC(C)(C)[Si](OC1CCC/C=C/CCC(=O)OCc2ccccc2CC1)(c1ccccc1)c1ccccc1. The zero-order chi connectivity index (χ0) is 26.8. The summed E-state index contributed by atoms with van der Waals surface area (Å²) in [5.74, 6) is -0.132. The van der Waals surface area contributed by atoms with Crippen LogP contribution in [0.25, 0.3) is 0 Å². The van der Waals surface area contributed by atoms with Crippen LogP contribution in [0.3, 0.4) is 0 Å². The second-order valence-corrected chi connectivity index (χ2v) is 15.6. The number of carbonyl (C=O) groups is 1. The number of hydrogen-bond donors (Lipinski definition) is 0. The Morgan fingerprint density at radius 1 is 0.737 bits per heavy atom. The predicted octanol–water partition coefficient (Wildman–Crippen LogP) is 7.13. The van der Waals surface area contributed by atoms with Gasteiger partial charge in [0, 0.05) is 12.5 Å². The fourth-order valence-corrected chi connectivity index (χ4v) is 10.3. The van der Waals surface area contributed by atoms with E-state index in [9.17, 15) is 4.79 Å². The molecular weight excluding hydrogens is 484 g/mol. The monoisotopic (exact) mass is 526 g/mol. The molecule has 0 saturated heterocycles. The lowest BCUT2D eigenvalue weighted by atomic mass is 9.99. The van der Waals surface area contributed by atoms with E-state index in [-0.39, 0.29) is 17.1 Å². The van der Waals surface area contributed by atoms with E-state index in [2.05, 4.69) is 112 Å². The van der Waals surface area contributed by atoms with E-state index in [0.717, 1.165) is 44.1 Å². The van der Waals surface area contributed by atoms with Gasteiger partial charge in [-0.2, -0.15) is 0 Å². The predicted molar refractivity (Wildman–Crippen MR) is 159 cm³/mol. The van der Waals surface area contributed by atoms with Crippen molar-refractivity contribution < 1.29 is 14.0 Å². The molecule has 3 aromatic rings. The maximum atomic E-state index is 12.2. The molecule has 200 valence electrons. The summed E-state index contributed by atoms with van der Waals surface area (Å²) >= 11 is 0. The lowest BCUT2D eigenvalue weighted by Gasteiger charge is -2.45. The van der Waals surface area contributed by atoms with Crippen LogP contribution in [0.2, 0.25) is 5.04 Å². The van der Waals surface area contributed by atoms with Crippen LogP contribution < -0.4 is 10.4 Å². The summed E-state index contributed by atoms with van der Waals surface area (Å²) in [4.78, 5) is 12.2. The van der Waals surface area contributed by atoms with E-state index >= 15 is 0 Å². The molecule has 0 aromatic heterocycles. The fraction of sp³-hybridized carbons (Fsp3) is 0.382. The molecular formula is C34H42O3Si. The Morgan fingerprint density at radius 2 is 1.32 bits per heavy atom. The van der Waals surface area contributed by atoms with Gasteiger partial charge in [-0.25, -0.2) is 0 Å². The Morgan fingerprint density at radius 3 is 1.95 bits per heavy atom. The van der Waals surface area contributed by atoms with Crippen LogP contribution in [0, 0.1) is 0 Å². The smallest absolute Gasteiger partial charge is 0.306 e. The standard InChI is InChI=1S/C34H42O3Si/c1-34(2,3)38(31-20-10-7-11-21-31,32-22-12-8-13-23-32)37-30-19-9-5-4-6-14-24-33(35)36-27-29-18-16-15-17-28(29)25-26-30/h4,6-8,10-13,15-18,20-23,30H,5,9,14,19,24-27H2,1-3H3/b6-4+. The average molecular weight is 527 g/mol. The third-order valence-electron chi connectivity index (χ3n) is 7.58. The Kier molecular flexibility index (Phi) is 9.76. The van der Waals surface area contributed by atoms with Gasteiger partial charge in [0.05, 0.1) is 0 Å². The van der Waals surface area contributed by atoms with Crippen molar-refractivity contribution in [2.45, 2.75) is 83.5 Å². The highest BCUT2D eigenvalue weighted by molar-refractivity contribution is 6.99. The molecule has 4 heteroatoms. The molecule has 3 aromatic carbocycles. The maximum absolute atomic E-state index is 12.2. The Balaban J connectivity index is 1.71. The second kappa shape index (κ2) is 13.2. The number of rotatable bonds is 4. The van der Waals surface area contributed by atoms with Crippen molar-refractivity contribution in [1.29, 1.82) is 0 Å². The van der Waals surface area contributed by atoms with Gasteiger partial charge in [-0.05, 0) is 65.1 Å². The van der Waals surface area contributed by atoms with Crippen molar-refractivity contribution in [3.8, 4) is 0 Å². The quantitative estimate of drug-likeness (QED) is 0.206. The summed E-state index contributed by atoms with van der Waals surface area (Å²) in [6.07, 6.45) is 10.5. The molecule has 38 heavy (non-hydrogen) atoms. The van der Waals surface area contributed by atoms with Crippen LogP contribution in [0.15, 0.2) is 97.1 Å². The minimum Gasteiger partial charge on any atom is -0.461 e. The van der Waals surface area contributed by atoms with Gasteiger partial charge in [0.2, 0.25) is 0 Å². The molecule has 1 atom stereocenters. The molecule has 1 heterocycles. The molecule has 0 radical (unpaired) electrons. The molecule has 0 bridgehead atoms. The summed E-state index contributed by atoms with van der Waals surface area (Å²) in [5, 5.41) is 2.59. The van der Waals surface area contributed by atoms with Gasteiger partial charge < -0.3 is 9.16 Å². The molecule has 1 aliphatic heterocycles. The lowest BCUT2D eigenvalue weighted by Crippen LogP contribution is -2.67. The molecule has 0 aliphatic carbocycles.